The average molecular weight is 612 g/mol. The van der Waals surface area contributed by atoms with Crippen molar-refractivity contribution in [2.75, 3.05) is 17.2 Å². The number of hydrogen-bond donors (Lipinski definition) is 8. The minimum atomic E-state index is -4.91. The largest absolute Gasteiger partial charge is 0.504 e. The first-order chi connectivity index (χ1) is 19.3. The number of aromatic hydroxyl groups is 2. The highest BCUT2D eigenvalue weighted by Gasteiger charge is 2.51. The Hall–Kier alpha value is -4.63. The number of hydrogen-bond acceptors (Lipinski definition) is 14. The Balaban J connectivity index is 1.99. The quantitative estimate of drug-likeness (QED) is 0.0343. The Kier molecular flexibility index (Phi) is 7.94. The zero-order chi connectivity index (χ0) is 30.2. The lowest BCUT2D eigenvalue weighted by atomic mass is 9.99. The van der Waals surface area contributed by atoms with E-state index in [0.717, 1.165) is 17.4 Å². The maximum atomic E-state index is 13.7. The number of phenolic OH excluding ortho intramolecular Hbond substituents is 2. The number of carbonyl (C=O) groups is 4. The van der Waals surface area contributed by atoms with Gasteiger partial charge in [0, 0.05) is 17.9 Å². The van der Waals surface area contributed by atoms with Gasteiger partial charge in [0.1, 0.15) is 11.7 Å². The summed E-state index contributed by atoms with van der Waals surface area (Å²) in [7, 11) is -4.91. The van der Waals surface area contributed by atoms with Gasteiger partial charge in [-0.15, -0.1) is 11.3 Å². The van der Waals surface area contributed by atoms with Crippen LogP contribution in [0.1, 0.15) is 19.0 Å². The predicted octanol–water partition coefficient (Wildman–Crippen LogP) is -2.54. The van der Waals surface area contributed by atoms with Gasteiger partial charge >= 0.3 is 16.3 Å². The van der Waals surface area contributed by atoms with Gasteiger partial charge in [0.05, 0.1) is 45.9 Å². The van der Waals surface area contributed by atoms with Crippen LogP contribution in [0.15, 0.2) is 27.8 Å². The molecule has 9 N–H and O–H groups in total. The van der Waals surface area contributed by atoms with E-state index in [1.165, 1.54) is 12.3 Å². The number of β-lactam (4-membered cyclic amide) rings is 1. The van der Waals surface area contributed by atoms with Crippen molar-refractivity contribution in [3.8, 4) is 11.5 Å². The molecule has 2 aromatic rings. The van der Waals surface area contributed by atoms with Gasteiger partial charge in [-0.3, -0.25) is 18.9 Å². The number of carboxylic acid groups (broad SMARTS) is 1. The second-order valence-electron chi connectivity index (χ2n) is 8.48. The number of amides is 3. The van der Waals surface area contributed by atoms with Crippen LogP contribution in [0.5, 0.6) is 11.5 Å². The number of phenols is 2. The first-order valence-electron chi connectivity index (χ1n) is 11.3. The molecule has 0 radical (unpaired) electrons. The molecule has 3 heterocycles. The van der Waals surface area contributed by atoms with Gasteiger partial charge in [-0.2, -0.15) is 8.42 Å². The Bertz CT molecular complexity index is 1740. The second kappa shape index (κ2) is 11.1. The van der Waals surface area contributed by atoms with Gasteiger partial charge in [-0.05, 0) is 6.92 Å². The van der Waals surface area contributed by atoms with Crippen LogP contribution < -0.4 is 32.4 Å². The van der Waals surface area contributed by atoms with Crippen molar-refractivity contribution in [1.29, 1.82) is 0 Å². The number of benzene rings is 1. The molecule has 41 heavy (non-hydrogen) atoms. The van der Waals surface area contributed by atoms with Gasteiger partial charge in [0.15, 0.2) is 16.6 Å². The number of nitrogens with two attached hydrogens (primary N) is 1. The summed E-state index contributed by atoms with van der Waals surface area (Å²) >= 11 is 0.872. The summed E-state index contributed by atoms with van der Waals surface area (Å²) in [6.45, 7) is 1.08. The lowest BCUT2D eigenvalue weighted by Crippen LogP contribution is -2.70. The van der Waals surface area contributed by atoms with Crippen molar-refractivity contribution >= 4 is 62.2 Å². The molecule has 2 aliphatic heterocycles. The summed E-state index contributed by atoms with van der Waals surface area (Å²) in [5.41, 5.74) is -1.31. The van der Waals surface area contributed by atoms with Crippen molar-refractivity contribution in [3.63, 3.8) is 0 Å². The molecule has 1 fully saturated rings. The van der Waals surface area contributed by atoms with Crippen LogP contribution >= 0.6 is 11.3 Å². The standard InChI is InChI=1S/C21H21N7O11S2/c1-7-14(19(33)28(7)41(36,37)38)27-18(32)12(10-5-40-21(26-10)23-6-29)13-15-9(4-11(30)17(13)31)25-16(20(34)35)8(24-15)2-3-39-22/h4-7,14,25,30-31H,2-3,22H2,1H3,(H,27,32)(H,34,35)(H,23,26,29)(H,36,37,38). The zero-order valence-electron chi connectivity index (χ0n) is 20.7. The molecule has 20 heteroatoms. The summed E-state index contributed by atoms with van der Waals surface area (Å²) in [5, 5.41) is 38.9. The third-order valence-electron chi connectivity index (χ3n) is 6.01. The fourth-order valence-corrected chi connectivity index (χ4v) is 5.73. The molecule has 18 nitrogen and oxygen atoms in total. The van der Waals surface area contributed by atoms with Gasteiger partial charge in [0.25, 0.3) is 11.8 Å². The average Bonchev–Trinajstić information content (AvgIpc) is 3.35. The maximum Gasteiger partial charge on any atom is 0.362 e. The highest BCUT2D eigenvalue weighted by atomic mass is 32.2. The van der Waals surface area contributed by atoms with Crippen LogP contribution in [0.2, 0.25) is 0 Å². The summed E-state index contributed by atoms with van der Waals surface area (Å²) in [6.07, 6.45) is 0.189. The number of carboxylic acids is 1. The number of rotatable bonds is 10. The number of aliphatic carboxylic acids is 1. The van der Waals surface area contributed by atoms with Crippen molar-refractivity contribution in [2.24, 2.45) is 10.9 Å². The molecular weight excluding hydrogens is 590 g/mol. The van der Waals surface area contributed by atoms with Crippen LogP contribution in [0, 0.1) is 0 Å². The van der Waals surface area contributed by atoms with Crippen LogP contribution in [0.25, 0.3) is 5.57 Å². The van der Waals surface area contributed by atoms with E-state index in [1.807, 2.05) is 0 Å². The Morgan fingerprint density at radius 1 is 1.34 bits per heavy atom. The predicted molar refractivity (Wildman–Crippen MR) is 138 cm³/mol. The van der Waals surface area contributed by atoms with E-state index in [4.69, 9.17) is 5.90 Å². The molecule has 0 bridgehead atoms. The molecule has 0 aliphatic carbocycles. The smallest absolute Gasteiger partial charge is 0.362 e. The third kappa shape index (κ3) is 5.40. The van der Waals surface area contributed by atoms with Crippen LogP contribution in [-0.2, 0) is 34.3 Å². The number of thiazole rings is 1. The Morgan fingerprint density at radius 2 is 2.05 bits per heavy atom. The number of nitrogens with zero attached hydrogens (tertiary/aromatic N) is 3. The lowest BCUT2D eigenvalue weighted by Gasteiger charge is -2.42. The SMILES string of the molecule is CC1C(NC(=O)C(c2csc(NC=O)n2)=c2c(O)c(O)cc3c2=NC(CCON)=C(C(=O)O)N3)C(=O)N1S(=O)(=O)O. The van der Waals surface area contributed by atoms with Crippen LogP contribution in [0.3, 0.4) is 0 Å². The summed E-state index contributed by atoms with van der Waals surface area (Å²) in [5.74, 6) is -0.285. The number of aromatic nitrogens is 1. The Labute approximate surface area is 233 Å². The highest BCUT2D eigenvalue weighted by molar-refractivity contribution is 7.84. The summed E-state index contributed by atoms with van der Waals surface area (Å²) < 4.78 is 32.4. The van der Waals surface area contributed by atoms with E-state index in [-0.39, 0.29) is 44.9 Å². The van der Waals surface area contributed by atoms with Gasteiger partial charge in [-0.1, -0.05) is 0 Å². The number of nitrogens with one attached hydrogen (secondary N) is 3. The first kappa shape index (κ1) is 29.4. The van der Waals surface area contributed by atoms with E-state index in [2.05, 4.69) is 30.8 Å². The van der Waals surface area contributed by atoms with Crippen LogP contribution in [-0.4, -0.2) is 80.5 Å². The molecule has 0 spiro atoms. The zero-order valence-corrected chi connectivity index (χ0v) is 22.3. The number of anilines is 2. The molecule has 1 saturated heterocycles. The van der Waals surface area contributed by atoms with Crippen molar-refractivity contribution < 1.29 is 52.3 Å². The molecule has 0 saturated carbocycles. The van der Waals surface area contributed by atoms with E-state index >= 15 is 0 Å². The minimum absolute atomic E-state index is 0.0170. The van der Waals surface area contributed by atoms with Gasteiger partial charge in [-0.25, -0.2) is 25.0 Å². The van der Waals surface area contributed by atoms with E-state index in [1.54, 1.807) is 0 Å². The summed E-state index contributed by atoms with van der Waals surface area (Å²) in [4.78, 5) is 61.8. The van der Waals surface area contributed by atoms with Gasteiger partial charge < -0.3 is 36.1 Å². The molecule has 2 atom stereocenters. The lowest BCUT2D eigenvalue weighted by molar-refractivity contribution is -0.144. The van der Waals surface area contributed by atoms with Crippen molar-refractivity contribution in [2.45, 2.75) is 25.4 Å². The molecular formula is C21H21N7O11S2. The molecule has 3 amide bonds. The van der Waals surface area contributed by atoms with Crippen LogP contribution in [0.4, 0.5) is 10.8 Å². The number of carbonyl (C=O) groups excluding carboxylic acids is 3. The molecule has 1 aromatic heterocycles. The molecule has 4 rings (SSSR count). The molecule has 1 aromatic carbocycles. The van der Waals surface area contributed by atoms with Crippen molar-refractivity contribution in [3.05, 3.63) is 39.1 Å². The minimum Gasteiger partial charge on any atom is -0.504 e. The summed E-state index contributed by atoms with van der Waals surface area (Å²) in [6, 6.07) is -1.67. The normalized spacial score (nSPS) is 18.9. The maximum absolute atomic E-state index is 13.7. The monoisotopic (exact) mass is 611 g/mol. The molecule has 2 unspecified atom stereocenters. The third-order valence-corrected chi connectivity index (χ3v) is 7.79. The Morgan fingerprint density at radius 3 is 2.63 bits per heavy atom. The van der Waals surface area contributed by atoms with Gasteiger partial charge in [0.2, 0.25) is 6.41 Å². The van der Waals surface area contributed by atoms with E-state index in [0.29, 0.717) is 6.41 Å². The first-order valence-corrected chi connectivity index (χ1v) is 13.6. The van der Waals surface area contributed by atoms with E-state index < -0.39 is 68.2 Å². The fourth-order valence-electron chi connectivity index (χ4n) is 4.19. The van der Waals surface area contributed by atoms with E-state index in [9.17, 15) is 47.5 Å². The molecule has 218 valence electrons. The van der Waals surface area contributed by atoms with Crippen molar-refractivity contribution in [1.82, 2.24) is 14.6 Å². The fraction of sp³-hybridized carbons (Fsp3) is 0.238. The molecule has 2 aliphatic rings. The topological polar surface area (TPSA) is 283 Å². The number of fused-ring (bicyclic) bond motifs is 1. The second-order valence-corrected chi connectivity index (χ2v) is 10.6. The highest BCUT2D eigenvalue weighted by Crippen LogP contribution is 2.29.